The van der Waals surface area contributed by atoms with Crippen LogP contribution in [-0.2, 0) is 11.3 Å². The molecule has 0 aliphatic carbocycles. The number of primary amides is 1. The Hall–Kier alpha value is -0.940. The molecule has 0 aliphatic heterocycles. The lowest BCUT2D eigenvalue weighted by atomic mass is 10.5. The van der Waals surface area contributed by atoms with E-state index < -0.39 is 0 Å². The first-order valence-electron chi connectivity index (χ1n) is 3.15. The number of carbonyl (C=O) groups is 1. The lowest BCUT2D eigenvalue weighted by Gasteiger charge is -1.96. The molecule has 0 radical (unpaired) electrons. The maximum atomic E-state index is 10.3. The van der Waals surface area contributed by atoms with Crippen molar-refractivity contribution >= 4 is 17.2 Å². The minimum atomic E-state index is -0.347. The SMILES string of the molecule is NC(=O)CNCc1cscn1. The fourth-order valence-corrected chi connectivity index (χ4v) is 1.20. The van der Waals surface area contributed by atoms with Crippen LogP contribution in [0.15, 0.2) is 10.9 Å². The van der Waals surface area contributed by atoms with Gasteiger partial charge in [-0.1, -0.05) is 0 Å². The van der Waals surface area contributed by atoms with E-state index in [9.17, 15) is 4.79 Å². The molecular formula is C6H9N3OS. The lowest BCUT2D eigenvalue weighted by Crippen LogP contribution is -2.28. The average molecular weight is 171 g/mol. The van der Waals surface area contributed by atoms with Gasteiger partial charge in [-0.25, -0.2) is 4.98 Å². The molecule has 1 aromatic heterocycles. The highest BCUT2D eigenvalue weighted by molar-refractivity contribution is 7.07. The van der Waals surface area contributed by atoms with Gasteiger partial charge in [0.25, 0.3) is 0 Å². The van der Waals surface area contributed by atoms with Crippen molar-refractivity contribution in [2.45, 2.75) is 6.54 Å². The topological polar surface area (TPSA) is 68.0 Å². The summed E-state index contributed by atoms with van der Waals surface area (Å²) in [5.74, 6) is -0.347. The smallest absolute Gasteiger partial charge is 0.231 e. The molecular weight excluding hydrogens is 162 g/mol. The lowest BCUT2D eigenvalue weighted by molar-refractivity contribution is -0.117. The first-order valence-corrected chi connectivity index (χ1v) is 4.09. The number of carbonyl (C=O) groups excluding carboxylic acids is 1. The van der Waals surface area contributed by atoms with E-state index in [4.69, 9.17) is 5.73 Å². The highest BCUT2D eigenvalue weighted by Gasteiger charge is 1.95. The number of nitrogens with two attached hydrogens (primary N) is 1. The predicted molar refractivity (Wildman–Crippen MR) is 43.0 cm³/mol. The van der Waals surface area contributed by atoms with Gasteiger partial charge in [0.1, 0.15) is 0 Å². The van der Waals surface area contributed by atoms with Crippen molar-refractivity contribution in [3.8, 4) is 0 Å². The van der Waals surface area contributed by atoms with Crippen LogP contribution in [0.4, 0.5) is 0 Å². The van der Waals surface area contributed by atoms with Crippen LogP contribution in [0.25, 0.3) is 0 Å². The number of aromatic nitrogens is 1. The maximum Gasteiger partial charge on any atom is 0.231 e. The van der Waals surface area contributed by atoms with Gasteiger partial charge in [-0.15, -0.1) is 11.3 Å². The van der Waals surface area contributed by atoms with E-state index in [2.05, 4.69) is 10.3 Å². The van der Waals surface area contributed by atoms with Crippen LogP contribution in [0, 0.1) is 0 Å². The van der Waals surface area contributed by atoms with Crippen LogP contribution < -0.4 is 11.1 Å². The van der Waals surface area contributed by atoms with E-state index in [0.29, 0.717) is 6.54 Å². The number of hydrogen-bond donors (Lipinski definition) is 2. The third-order valence-electron chi connectivity index (χ3n) is 1.09. The van der Waals surface area contributed by atoms with Gasteiger partial charge >= 0.3 is 0 Å². The quantitative estimate of drug-likeness (QED) is 0.654. The van der Waals surface area contributed by atoms with Gasteiger partial charge in [0.05, 0.1) is 17.7 Å². The molecule has 0 saturated carbocycles. The largest absolute Gasteiger partial charge is 0.369 e. The standard InChI is InChI=1S/C6H9N3OS/c7-6(10)2-8-1-5-3-11-4-9-5/h3-4,8H,1-2H2,(H2,7,10). The van der Waals surface area contributed by atoms with Crippen LogP contribution in [0.2, 0.25) is 0 Å². The van der Waals surface area contributed by atoms with E-state index in [1.807, 2.05) is 5.38 Å². The fourth-order valence-electron chi connectivity index (χ4n) is 0.639. The Balaban J connectivity index is 2.19. The molecule has 1 amide bonds. The average Bonchev–Trinajstić information content (AvgIpc) is 2.39. The van der Waals surface area contributed by atoms with E-state index in [0.717, 1.165) is 5.69 Å². The van der Waals surface area contributed by atoms with E-state index in [1.165, 1.54) is 11.3 Å². The summed E-state index contributed by atoms with van der Waals surface area (Å²) in [7, 11) is 0. The molecule has 4 nitrogen and oxygen atoms in total. The minimum absolute atomic E-state index is 0.206. The summed E-state index contributed by atoms with van der Waals surface area (Å²) in [5, 5.41) is 4.78. The van der Waals surface area contributed by atoms with Crippen molar-refractivity contribution in [1.82, 2.24) is 10.3 Å². The highest BCUT2D eigenvalue weighted by atomic mass is 32.1. The molecule has 3 N–H and O–H groups in total. The second-order valence-corrected chi connectivity index (χ2v) is 2.77. The summed E-state index contributed by atoms with van der Waals surface area (Å²) in [5.41, 5.74) is 7.60. The first-order chi connectivity index (χ1) is 5.29. The molecule has 0 bridgehead atoms. The number of nitrogens with one attached hydrogen (secondary N) is 1. The molecule has 1 rings (SSSR count). The van der Waals surface area contributed by atoms with Crippen LogP contribution in [0.1, 0.15) is 5.69 Å². The minimum Gasteiger partial charge on any atom is -0.369 e. The van der Waals surface area contributed by atoms with Crippen molar-refractivity contribution in [2.24, 2.45) is 5.73 Å². The van der Waals surface area contributed by atoms with Crippen molar-refractivity contribution in [3.05, 3.63) is 16.6 Å². The van der Waals surface area contributed by atoms with Gasteiger partial charge in [-0.3, -0.25) is 4.79 Å². The fraction of sp³-hybridized carbons (Fsp3) is 0.333. The van der Waals surface area contributed by atoms with Gasteiger partial charge in [-0.2, -0.15) is 0 Å². The Morgan fingerprint density at radius 2 is 2.64 bits per heavy atom. The van der Waals surface area contributed by atoms with E-state index >= 15 is 0 Å². The molecule has 60 valence electrons. The van der Waals surface area contributed by atoms with Gasteiger partial charge in [-0.05, 0) is 0 Å². The number of rotatable bonds is 4. The second-order valence-electron chi connectivity index (χ2n) is 2.05. The van der Waals surface area contributed by atoms with Crippen LogP contribution in [0.3, 0.4) is 0 Å². The van der Waals surface area contributed by atoms with Gasteiger partial charge < -0.3 is 11.1 Å². The zero-order chi connectivity index (χ0) is 8.10. The van der Waals surface area contributed by atoms with Crippen molar-refractivity contribution in [1.29, 1.82) is 0 Å². The molecule has 0 saturated heterocycles. The Morgan fingerprint density at radius 3 is 3.18 bits per heavy atom. The highest BCUT2D eigenvalue weighted by Crippen LogP contribution is 1.98. The van der Waals surface area contributed by atoms with E-state index in [-0.39, 0.29) is 12.5 Å². The Labute approximate surface area is 68.4 Å². The zero-order valence-electron chi connectivity index (χ0n) is 5.91. The summed E-state index contributed by atoms with van der Waals surface area (Å²) >= 11 is 1.53. The molecule has 0 unspecified atom stereocenters. The Kier molecular flexibility index (Phi) is 3.00. The molecule has 5 heteroatoms. The second kappa shape index (κ2) is 4.05. The summed E-state index contributed by atoms with van der Waals surface area (Å²) in [6.07, 6.45) is 0. The van der Waals surface area contributed by atoms with Crippen LogP contribution in [-0.4, -0.2) is 17.4 Å². The van der Waals surface area contributed by atoms with Gasteiger partial charge in [0.2, 0.25) is 5.91 Å². The third-order valence-corrected chi connectivity index (χ3v) is 1.72. The van der Waals surface area contributed by atoms with Crippen molar-refractivity contribution in [3.63, 3.8) is 0 Å². The van der Waals surface area contributed by atoms with Gasteiger partial charge in [0.15, 0.2) is 0 Å². The number of nitrogens with zero attached hydrogens (tertiary/aromatic N) is 1. The third kappa shape index (κ3) is 3.10. The molecule has 0 fully saturated rings. The molecule has 0 aliphatic rings. The predicted octanol–water partition coefficient (Wildman–Crippen LogP) is -0.282. The number of hydrogen-bond acceptors (Lipinski definition) is 4. The molecule has 1 aromatic rings. The molecule has 11 heavy (non-hydrogen) atoms. The molecule has 0 aromatic carbocycles. The summed E-state index contributed by atoms with van der Waals surface area (Å²) in [6.45, 7) is 0.809. The Morgan fingerprint density at radius 1 is 1.82 bits per heavy atom. The van der Waals surface area contributed by atoms with Crippen LogP contribution >= 0.6 is 11.3 Å². The molecule has 0 spiro atoms. The first kappa shape index (κ1) is 8.16. The van der Waals surface area contributed by atoms with Crippen molar-refractivity contribution < 1.29 is 4.79 Å². The van der Waals surface area contributed by atoms with E-state index in [1.54, 1.807) is 5.51 Å². The summed E-state index contributed by atoms with van der Waals surface area (Å²) < 4.78 is 0. The van der Waals surface area contributed by atoms with Crippen molar-refractivity contribution in [2.75, 3.05) is 6.54 Å². The molecule has 1 heterocycles. The summed E-state index contributed by atoms with van der Waals surface area (Å²) in [4.78, 5) is 14.3. The number of amides is 1. The summed E-state index contributed by atoms with van der Waals surface area (Å²) in [6, 6.07) is 0. The normalized spacial score (nSPS) is 9.82. The zero-order valence-corrected chi connectivity index (χ0v) is 6.73. The Bertz CT molecular complexity index is 222. The molecule has 0 atom stereocenters. The monoisotopic (exact) mass is 171 g/mol. The van der Waals surface area contributed by atoms with Crippen LogP contribution in [0.5, 0.6) is 0 Å². The maximum absolute atomic E-state index is 10.3. The van der Waals surface area contributed by atoms with Gasteiger partial charge in [0, 0.05) is 11.9 Å². The number of thiazole rings is 1.